The van der Waals surface area contributed by atoms with Gasteiger partial charge in [-0.2, -0.15) is 0 Å². The van der Waals surface area contributed by atoms with Gasteiger partial charge < -0.3 is 5.32 Å². The summed E-state index contributed by atoms with van der Waals surface area (Å²) in [5, 5.41) is 6.77. The first-order valence-corrected chi connectivity index (χ1v) is 9.13. The van der Waals surface area contributed by atoms with Gasteiger partial charge >= 0.3 is 0 Å². The van der Waals surface area contributed by atoms with Crippen LogP contribution in [0.3, 0.4) is 0 Å². The fourth-order valence-electron chi connectivity index (χ4n) is 2.81. The van der Waals surface area contributed by atoms with E-state index in [-0.39, 0.29) is 0 Å². The van der Waals surface area contributed by atoms with E-state index in [4.69, 9.17) is 9.97 Å². The van der Waals surface area contributed by atoms with E-state index in [1.54, 1.807) is 23.7 Å². The molecule has 0 atom stereocenters. The van der Waals surface area contributed by atoms with Crippen LogP contribution in [0.2, 0.25) is 0 Å². The zero-order valence-corrected chi connectivity index (χ0v) is 14.8. The van der Waals surface area contributed by atoms with E-state index in [2.05, 4.69) is 46.9 Å². The normalized spacial score (nSPS) is 10.9. The number of benzene rings is 1. The Bertz CT molecular complexity index is 981. The van der Waals surface area contributed by atoms with E-state index >= 15 is 0 Å². The number of aryl methyl sites for hydroxylation is 1. The first-order chi connectivity index (χ1) is 12.3. The fraction of sp³-hybridized carbons (Fsp3) is 0.150. The number of nitrogens with one attached hydrogen (secondary N) is 1. The molecule has 3 aromatic heterocycles. The van der Waals surface area contributed by atoms with Crippen LogP contribution in [0.4, 0.5) is 5.82 Å². The van der Waals surface area contributed by atoms with Crippen molar-refractivity contribution in [3.63, 3.8) is 0 Å². The SMILES string of the molecule is Cc1csc2nc(-c3ccncc3)nc(NCCc3ccccc3)c12. The Balaban J connectivity index is 1.65. The van der Waals surface area contributed by atoms with Crippen LogP contribution in [0.15, 0.2) is 60.2 Å². The van der Waals surface area contributed by atoms with Gasteiger partial charge in [-0.05, 0) is 42.0 Å². The van der Waals surface area contributed by atoms with Gasteiger partial charge in [0.25, 0.3) is 0 Å². The molecule has 4 rings (SSSR count). The van der Waals surface area contributed by atoms with E-state index < -0.39 is 0 Å². The molecule has 0 fully saturated rings. The Hall–Kier alpha value is -2.79. The van der Waals surface area contributed by atoms with Crippen molar-refractivity contribution >= 4 is 27.4 Å². The quantitative estimate of drug-likeness (QED) is 0.568. The lowest BCUT2D eigenvalue weighted by atomic mass is 10.1. The maximum atomic E-state index is 4.79. The molecule has 4 aromatic rings. The second-order valence-corrected chi connectivity index (χ2v) is 6.75. The number of rotatable bonds is 5. The molecule has 4 nitrogen and oxygen atoms in total. The molecule has 1 aromatic carbocycles. The maximum absolute atomic E-state index is 4.79. The number of pyridine rings is 1. The number of nitrogens with zero attached hydrogens (tertiary/aromatic N) is 3. The second-order valence-electron chi connectivity index (χ2n) is 5.89. The number of aromatic nitrogens is 3. The molecule has 0 bridgehead atoms. The first-order valence-electron chi connectivity index (χ1n) is 8.25. The average Bonchev–Trinajstić information content (AvgIpc) is 3.04. The lowest BCUT2D eigenvalue weighted by Crippen LogP contribution is -2.08. The van der Waals surface area contributed by atoms with Gasteiger partial charge in [0.15, 0.2) is 5.82 Å². The molecule has 0 radical (unpaired) electrons. The molecule has 25 heavy (non-hydrogen) atoms. The Morgan fingerprint density at radius 2 is 1.80 bits per heavy atom. The highest BCUT2D eigenvalue weighted by atomic mass is 32.1. The van der Waals surface area contributed by atoms with Gasteiger partial charge in [0.1, 0.15) is 10.6 Å². The zero-order valence-electron chi connectivity index (χ0n) is 13.9. The van der Waals surface area contributed by atoms with E-state index in [0.717, 1.165) is 40.4 Å². The molecule has 0 aliphatic carbocycles. The summed E-state index contributed by atoms with van der Waals surface area (Å²) in [6.07, 6.45) is 4.50. The van der Waals surface area contributed by atoms with Gasteiger partial charge in [-0.25, -0.2) is 9.97 Å². The molecule has 5 heteroatoms. The van der Waals surface area contributed by atoms with E-state index in [0.29, 0.717) is 0 Å². The van der Waals surface area contributed by atoms with Crippen molar-refractivity contribution in [2.75, 3.05) is 11.9 Å². The van der Waals surface area contributed by atoms with Gasteiger partial charge in [-0.1, -0.05) is 30.3 Å². The number of hydrogen-bond acceptors (Lipinski definition) is 5. The lowest BCUT2D eigenvalue weighted by Gasteiger charge is -2.10. The summed E-state index contributed by atoms with van der Waals surface area (Å²) >= 11 is 1.66. The number of hydrogen-bond donors (Lipinski definition) is 1. The fourth-order valence-corrected chi connectivity index (χ4v) is 3.73. The van der Waals surface area contributed by atoms with Crippen molar-refractivity contribution in [1.82, 2.24) is 15.0 Å². The van der Waals surface area contributed by atoms with Gasteiger partial charge in [-0.15, -0.1) is 11.3 Å². The molecule has 0 saturated heterocycles. The highest BCUT2D eigenvalue weighted by Crippen LogP contribution is 2.31. The van der Waals surface area contributed by atoms with Gasteiger partial charge in [0.2, 0.25) is 0 Å². The van der Waals surface area contributed by atoms with Crippen molar-refractivity contribution in [2.45, 2.75) is 13.3 Å². The molecule has 0 unspecified atom stereocenters. The van der Waals surface area contributed by atoms with E-state index in [9.17, 15) is 0 Å². The standard InChI is InChI=1S/C20H18N4S/c1-14-13-25-20-17(14)19(22-12-7-15-5-3-2-4-6-15)23-18(24-20)16-8-10-21-11-9-16/h2-6,8-11,13H,7,12H2,1H3,(H,22,23,24). The van der Waals surface area contributed by atoms with Crippen LogP contribution < -0.4 is 5.32 Å². The van der Waals surface area contributed by atoms with Crippen molar-refractivity contribution in [2.24, 2.45) is 0 Å². The molecule has 124 valence electrons. The van der Waals surface area contributed by atoms with Crippen LogP contribution in [-0.2, 0) is 6.42 Å². The van der Waals surface area contributed by atoms with Crippen LogP contribution in [0.25, 0.3) is 21.6 Å². The van der Waals surface area contributed by atoms with Gasteiger partial charge in [-0.3, -0.25) is 4.98 Å². The van der Waals surface area contributed by atoms with Crippen molar-refractivity contribution in [3.8, 4) is 11.4 Å². The van der Waals surface area contributed by atoms with Crippen molar-refractivity contribution in [1.29, 1.82) is 0 Å². The maximum Gasteiger partial charge on any atom is 0.163 e. The van der Waals surface area contributed by atoms with E-state index in [1.165, 1.54) is 11.1 Å². The second kappa shape index (κ2) is 6.99. The molecule has 1 N–H and O–H groups in total. The molecule has 3 heterocycles. The Kier molecular flexibility index (Phi) is 4.39. The van der Waals surface area contributed by atoms with Crippen LogP contribution in [-0.4, -0.2) is 21.5 Å². The molecule has 0 saturated carbocycles. The number of thiophene rings is 1. The van der Waals surface area contributed by atoms with Crippen molar-refractivity contribution in [3.05, 3.63) is 71.4 Å². The monoisotopic (exact) mass is 346 g/mol. The Morgan fingerprint density at radius 1 is 1.00 bits per heavy atom. The third-order valence-corrected chi connectivity index (χ3v) is 5.10. The lowest BCUT2D eigenvalue weighted by molar-refractivity contribution is 1.01. The molecule has 0 amide bonds. The summed E-state index contributed by atoms with van der Waals surface area (Å²) in [5.41, 5.74) is 3.51. The van der Waals surface area contributed by atoms with Gasteiger partial charge in [0, 0.05) is 24.5 Å². The predicted molar refractivity (Wildman–Crippen MR) is 104 cm³/mol. The predicted octanol–water partition coefficient (Wildman–Crippen LogP) is 4.72. The number of anilines is 1. The number of fused-ring (bicyclic) bond motifs is 1. The first kappa shape index (κ1) is 15.7. The molecular formula is C20H18N4S. The van der Waals surface area contributed by atoms with Crippen LogP contribution in [0.5, 0.6) is 0 Å². The topological polar surface area (TPSA) is 50.7 Å². The zero-order chi connectivity index (χ0) is 17.1. The van der Waals surface area contributed by atoms with Crippen LogP contribution in [0.1, 0.15) is 11.1 Å². The molecule has 0 aliphatic heterocycles. The third kappa shape index (κ3) is 3.37. The Morgan fingerprint density at radius 3 is 2.60 bits per heavy atom. The summed E-state index contributed by atoms with van der Waals surface area (Å²) in [5.74, 6) is 1.64. The molecular weight excluding hydrogens is 328 g/mol. The minimum Gasteiger partial charge on any atom is -0.369 e. The van der Waals surface area contributed by atoms with Crippen LogP contribution >= 0.6 is 11.3 Å². The summed E-state index contributed by atoms with van der Waals surface area (Å²) in [7, 11) is 0. The minimum absolute atomic E-state index is 0.735. The summed E-state index contributed by atoms with van der Waals surface area (Å²) < 4.78 is 0. The third-order valence-electron chi connectivity index (χ3n) is 4.10. The molecule has 0 aliphatic rings. The highest BCUT2D eigenvalue weighted by Gasteiger charge is 2.13. The molecule has 0 spiro atoms. The minimum atomic E-state index is 0.735. The highest BCUT2D eigenvalue weighted by molar-refractivity contribution is 7.17. The van der Waals surface area contributed by atoms with Gasteiger partial charge in [0.05, 0.1) is 5.39 Å². The summed E-state index contributed by atoms with van der Waals surface area (Å²) in [6.45, 7) is 2.94. The summed E-state index contributed by atoms with van der Waals surface area (Å²) in [6, 6.07) is 14.4. The summed E-state index contributed by atoms with van der Waals surface area (Å²) in [4.78, 5) is 14.6. The van der Waals surface area contributed by atoms with Crippen LogP contribution in [0, 0.1) is 6.92 Å². The largest absolute Gasteiger partial charge is 0.369 e. The smallest absolute Gasteiger partial charge is 0.163 e. The van der Waals surface area contributed by atoms with E-state index in [1.807, 2.05) is 18.2 Å². The van der Waals surface area contributed by atoms with Crippen molar-refractivity contribution < 1.29 is 0 Å². The Labute approximate surface area is 150 Å². The average molecular weight is 346 g/mol.